The third kappa shape index (κ3) is 2.94. The van der Waals surface area contributed by atoms with E-state index in [0.717, 1.165) is 23.3 Å². The van der Waals surface area contributed by atoms with Crippen molar-refractivity contribution >= 4 is 5.65 Å². The van der Waals surface area contributed by atoms with E-state index in [1.165, 1.54) is 12.1 Å². The summed E-state index contributed by atoms with van der Waals surface area (Å²) in [5.74, 6) is 0.550. The summed E-state index contributed by atoms with van der Waals surface area (Å²) < 4.78 is 39.2. The topological polar surface area (TPSA) is 56.2 Å². The van der Waals surface area contributed by atoms with Crippen LogP contribution >= 0.6 is 0 Å². The molecule has 3 aromatic rings. The number of hydrogen-bond donors (Lipinski definition) is 1. The van der Waals surface area contributed by atoms with Gasteiger partial charge in [-0.05, 0) is 29.3 Å². The van der Waals surface area contributed by atoms with Crippen LogP contribution in [0.25, 0.3) is 5.65 Å². The normalized spacial score (nSPS) is 12.0. The zero-order chi connectivity index (χ0) is 15.7. The van der Waals surface area contributed by atoms with Gasteiger partial charge in [-0.15, -0.1) is 0 Å². The number of nitrogens with zero attached hydrogens (tertiary/aromatic N) is 3. The van der Waals surface area contributed by atoms with E-state index in [-0.39, 0.29) is 0 Å². The first kappa shape index (κ1) is 14.5. The molecule has 0 spiro atoms. The number of halogens is 3. The van der Waals surface area contributed by atoms with Gasteiger partial charge in [0.2, 0.25) is 0 Å². The lowest BCUT2D eigenvalue weighted by molar-refractivity contribution is -0.137. The molecule has 3 rings (SSSR count). The standard InChI is InChI=1S/C15H13F3N4/c16-15(17,18)12-4-1-10(2-5-12)7-13-20-14-6-3-11(8-19)9-22(14)21-13/h1-6,9H,7-8,19H2. The molecule has 0 aliphatic carbocycles. The van der Waals surface area contributed by atoms with Crippen LogP contribution in [0.1, 0.15) is 22.5 Å². The van der Waals surface area contributed by atoms with Crippen molar-refractivity contribution in [3.8, 4) is 0 Å². The fraction of sp³-hybridized carbons (Fsp3) is 0.200. The molecule has 0 bridgehead atoms. The summed E-state index contributed by atoms with van der Waals surface area (Å²) in [5.41, 5.74) is 7.24. The molecule has 4 nitrogen and oxygen atoms in total. The average Bonchev–Trinajstić information content (AvgIpc) is 2.88. The van der Waals surface area contributed by atoms with Crippen molar-refractivity contribution in [3.05, 3.63) is 65.1 Å². The second-order valence-corrected chi connectivity index (χ2v) is 4.94. The van der Waals surface area contributed by atoms with Gasteiger partial charge in [0.25, 0.3) is 0 Å². The molecule has 2 N–H and O–H groups in total. The lowest BCUT2D eigenvalue weighted by Crippen LogP contribution is -2.04. The minimum absolute atomic E-state index is 0.373. The lowest BCUT2D eigenvalue weighted by atomic mass is 10.1. The minimum Gasteiger partial charge on any atom is -0.326 e. The number of benzene rings is 1. The maximum absolute atomic E-state index is 12.5. The number of aromatic nitrogens is 3. The van der Waals surface area contributed by atoms with Crippen LogP contribution in [0.4, 0.5) is 13.2 Å². The quantitative estimate of drug-likeness (QED) is 0.809. The summed E-state index contributed by atoms with van der Waals surface area (Å²) in [6.07, 6.45) is -2.16. The smallest absolute Gasteiger partial charge is 0.326 e. The van der Waals surface area contributed by atoms with Crippen molar-refractivity contribution in [2.75, 3.05) is 0 Å². The Labute approximate surface area is 124 Å². The second kappa shape index (κ2) is 5.42. The highest BCUT2D eigenvalue weighted by Gasteiger charge is 2.29. The van der Waals surface area contributed by atoms with E-state index in [2.05, 4.69) is 10.1 Å². The van der Waals surface area contributed by atoms with Gasteiger partial charge in [-0.3, -0.25) is 0 Å². The largest absolute Gasteiger partial charge is 0.416 e. The molecule has 1 aromatic carbocycles. The summed E-state index contributed by atoms with van der Waals surface area (Å²) >= 11 is 0. The van der Waals surface area contributed by atoms with E-state index in [1.54, 1.807) is 10.7 Å². The molecule has 0 unspecified atom stereocenters. The van der Waals surface area contributed by atoms with Crippen LogP contribution < -0.4 is 5.73 Å². The van der Waals surface area contributed by atoms with Crippen molar-refractivity contribution in [2.45, 2.75) is 19.1 Å². The van der Waals surface area contributed by atoms with Gasteiger partial charge in [0.05, 0.1) is 5.56 Å². The van der Waals surface area contributed by atoms with Crippen LogP contribution in [-0.4, -0.2) is 14.6 Å². The van der Waals surface area contributed by atoms with Gasteiger partial charge >= 0.3 is 6.18 Å². The maximum atomic E-state index is 12.5. The summed E-state index contributed by atoms with van der Waals surface area (Å²) in [5, 5.41) is 4.32. The van der Waals surface area contributed by atoms with Gasteiger partial charge in [0, 0.05) is 19.2 Å². The van der Waals surface area contributed by atoms with Crippen molar-refractivity contribution in [3.63, 3.8) is 0 Å². The Morgan fingerprint density at radius 3 is 2.32 bits per heavy atom. The molecule has 0 fully saturated rings. The predicted molar refractivity (Wildman–Crippen MR) is 75.1 cm³/mol. The highest BCUT2D eigenvalue weighted by atomic mass is 19.4. The molecule has 0 amide bonds. The van der Waals surface area contributed by atoms with E-state index in [4.69, 9.17) is 5.73 Å². The third-order valence-corrected chi connectivity index (χ3v) is 3.32. The predicted octanol–water partition coefficient (Wildman–Crippen LogP) is 2.80. The number of hydrogen-bond acceptors (Lipinski definition) is 3. The molecule has 0 saturated carbocycles. The van der Waals surface area contributed by atoms with E-state index in [1.807, 2.05) is 12.1 Å². The molecule has 2 aromatic heterocycles. The maximum Gasteiger partial charge on any atom is 0.416 e. The van der Waals surface area contributed by atoms with Gasteiger partial charge in [0.15, 0.2) is 11.5 Å². The number of fused-ring (bicyclic) bond motifs is 1. The average molecular weight is 306 g/mol. The first-order chi connectivity index (χ1) is 10.5. The Balaban J connectivity index is 1.83. The molecule has 0 aliphatic heterocycles. The summed E-state index contributed by atoms with van der Waals surface area (Å²) in [6.45, 7) is 0.407. The van der Waals surface area contributed by atoms with Crippen LogP contribution in [0.5, 0.6) is 0 Å². The van der Waals surface area contributed by atoms with Gasteiger partial charge in [-0.2, -0.15) is 18.3 Å². The first-order valence-corrected chi connectivity index (χ1v) is 6.66. The minimum atomic E-state index is -4.32. The summed E-state index contributed by atoms with van der Waals surface area (Å²) in [4.78, 5) is 4.34. The summed E-state index contributed by atoms with van der Waals surface area (Å²) in [6, 6.07) is 8.70. The van der Waals surface area contributed by atoms with Crippen LogP contribution in [0.15, 0.2) is 42.6 Å². The van der Waals surface area contributed by atoms with E-state index in [9.17, 15) is 13.2 Å². The zero-order valence-electron chi connectivity index (χ0n) is 11.5. The van der Waals surface area contributed by atoms with Gasteiger partial charge in [-0.1, -0.05) is 18.2 Å². The molecular weight excluding hydrogens is 293 g/mol. The molecule has 0 saturated heterocycles. The van der Waals surface area contributed by atoms with Gasteiger partial charge < -0.3 is 5.73 Å². The molecule has 0 atom stereocenters. The van der Waals surface area contributed by atoms with Crippen molar-refractivity contribution in [2.24, 2.45) is 5.73 Å². The summed E-state index contributed by atoms with van der Waals surface area (Å²) in [7, 11) is 0. The van der Waals surface area contributed by atoms with Crippen LogP contribution in [0.2, 0.25) is 0 Å². The molecular formula is C15H13F3N4. The number of rotatable bonds is 3. The fourth-order valence-corrected chi connectivity index (χ4v) is 2.16. The van der Waals surface area contributed by atoms with Crippen LogP contribution in [0, 0.1) is 0 Å². The Kier molecular flexibility index (Phi) is 3.58. The van der Waals surface area contributed by atoms with Crippen LogP contribution in [-0.2, 0) is 19.1 Å². The number of nitrogens with two attached hydrogens (primary N) is 1. The Bertz CT molecular complexity index is 791. The van der Waals surface area contributed by atoms with Crippen molar-refractivity contribution < 1.29 is 13.2 Å². The molecule has 22 heavy (non-hydrogen) atoms. The zero-order valence-corrected chi connectivity index (χ0v) is 11.5. The highest BCUT2D eigenvalue weighted by Crippen LogP contribution is 2.29. The second-order valence-electron chi connectivity index (χ2n) is 4.94. The van der Waals surface area contributed by atoms with Gasteiger partial charge in [0.1, 0.15) is 0 Å². The SMILES string of the molecule is NCc1ccc2nc(Cc3ccc(C(F)(F)F)cc3)nn2c1. The molecule has 114 valence electrons. The Morgan fingerprint density at radius 1 is 1.00 bits per heavy atom. The molecule has 0 radical (unpaired) electrons. The monoisotopic (exact) mass is 306 g/mol. The van der Waals surface area contributed by atoms with Crippen LogP contribution in [0.3, 0.4) is 0 Å². The fourth-order valence-electron chi connectivity index (χ4n) is 2.16. The number of alkyl halides is 3. The van der Waals surface area contributed by atoms with E-state index in [0.29, 0.717) is 24.4 Å². The third-order valence-electron chi connectivity index (χ3n) is 3.32. The number of pyridine rings is 1. The van der Waals surface area contributed by atoms with Crippen molar-refractivity contribution in [1.29, 1.82) is 0 Å². The highest BCUT2D eigenvalue weighted by molar-refractivity contribution is 5.39. The molecule has 7 heteroatoms. The van der Waals surface area contributed by atoms with Gasteiger partial charge in [-0.25, -0.2) is 9.50 Å². The molecule has 0 aliphatic rings. The first-order valence-electron chi connectivity index (χ1n) is 6.66. The lowest BCUT2D eigenvalue weighted by Gasteiger charge is -2.06. The Morgan fingerprint density at radius 2 is 1.68 bits per heavy atom. The molecule has 2 heterocycles. The van der Waals surface area contributed by atoms with E-state index < -0.39 is 11.7 Å². The Hall–Kier alpha value is -2.41. The van der Waals surface area contributed by atoms with Crippen molar-refractivity contribution in [1.82, 2.24) is 14.6 Å². The van der Waals surface area contributed by atoms with E-state index >= 15 is 0 Å².